The Morgan fingerprint density at radius 2 is 2.06 bits per heavy atom. The average molecular weight is 264 g/mol. The molecule has 0 saturated heterocycles. The second-order valence-electron chi connectivity index (χ2n) is 4.51. The predicted molar refractivity (Wildman–Crippen MR) is 74.9 cm³/mol. The van der Waals surface area contributed by atoms with Crippen LogP contribution < -0.4 is 5.73 Å². The highest BCUT2D eigenvalue weighted by molar-refractivity contribution is 6.31. The highest BCUT2D eigenvalue weighted by Crippen LogP contribution is 2.25. The van der Waals surface area contributed by atoms with Crippen molar-refractivity contribution < 1.29 is 0 Å². The summed E-state index contributed by atoms with van der Waals surface area (Å²) in [5.41, 5.74) is 10.4. The summed E-state index contributed by atoms with van der Waals surface area (Å²) in [7, 11) is 0. The van der Waals surface area contributed by atoms with Crippen molar-refractivity contribution in [3.05, 3.63) is 51.8 Å². The van der Waals surface area contributed by atoms with Gasteiger partial charge in [0.2, 0.25) is 0 Å². The second-order valence-corrected chi connectivity index (χ2v) is 4.92. The van der Waals surface area contributed by atoms with Gasteiger partial charge in [0.1, 0.15) is 0 Å². The quantitative estimate of drug-likeness (QED) is 0.924. The molecule has 3 nitrogen and oxygen atoms in total. The molecule has 0 bridgehead atoms. The summed E-state index contributed by atoms with van der Waals surface area (Å²) in [6, 6.07) is 7.79. The number of aryl methyl sites for hydroxylation is 3. The van der Waals surface area contributed by atoms with E-state index in [1.165, 1.54) is 0 Å². The number of hydrogen-bond acceptors (Lipinski definition) is 2. The molecule has 1 heterocycles. The Morgan fingerprint density at radius 3 is 2.67 bits per heavy atom. The lowest BCUT2D eigenvalue weighted by atomic mass is 10.0. The molecule has 2 N–H and O–H groups in total. The highest BCUT2D eigenvalue weighted by Gasteiger charge is 2.15. The number of rotatable bonds is 3. The Balaban J connectivity index is 2.40. The summed E-state index contributed by atoms with van der Waals surface area (Å²) in [6.07, 6.45) is 0. The van der Waals surface area contributed by atoms with Gasteiger partial charge in [0, 0.05) is 11.6 Å². The zero-order valence-electron chi connectivity index (χ0n) is 10.9. The van der Waals surface area contributed by atoms with Gasteiger partial charge in [-0.05, 0) is 44.0 Å². The molecule has 1 atom stereocenters. The van der Waals surface area contributed by atoms with Crippen molar-refractivity contribution in [2.24, 2.45) is 5.73 Å². The Kier molecular flexibility index (Phi) is 3.73. The fourth-order valence-corrected chi connectivity index (χ4v) is 2.23. The molecule has 1 unspecified atom stereocenters. The van der Waals surface area contributed by atoms with Crippen LogP contribution in [-0.2, 0) is 6.54 Å². The molecule has 2 rings (SSSR count). The number of halogens is 1. The maximum absolute atomic E-state index is 6.31. The number of hydrogen-bond donors (Lipinski definition) is 1. The molecular weight excluding hydrogens is 246 g/mol. The van der Waals surface area contributed by atoms with E-state index in [1.807, 2.05) is 42.8 Å². The first-order valence-corrected chi connectivity index (χ1v) is 6.46. The molecule has 0 aliphatic heterocycles. The van der Waals surface area contributed by atoms with Crippen LogP contribution in [0.3, 0.4) is 0 Å². The van der Waals surface area contributed by atoms with E-state index >= 15 is 0 Å². The zero-order chi connectivity index (χ0) is 13.3. The third-order valence-corrected chi connectivity index (χ3v) is 3.51. The minimum atomic E-state index is -0.191. The van der Waals surface area contributed by atoms with Crippen LogP contribution in [-0.4, -0.2) is 9.78 Å². The van der Waals surface area contributed by atoms with Crippen molar-refractivity contribution in [2.75, 3.05) is 0 Å². The first-order valence-electron chi connectivity index (χ1n) is 6.09. The SMILES string of the molecule is CCn1nc(C)cc1C(N)c1ccc(C)c(Cl)c1. The van der Waals surface area contributed by atoms with Crippen molar-refractivity contribution in [1.29, 1.82) is 0 Å². The van der Waals surface area contributed by atoms with E-state index in [-0.39, 0.29) is 6.04 Å². The van der Waals surface area contributed by atoms with Gasteiger partial charge >= 0.3 is 0 Å². The van der Waals surface area contributed by atoms with Crippen LogP contribution in [0.15, 0.2) is 24.3 Å². The van der Waals surface area contributed by atoms with Crippen molar-refractivity contribution in [3.8, 4) is 0 Å². The van der Waals surface area contributed by atoms with Crippen molar-refractivity contribution >= 4 is 11.6 Å². The van der Waals surface area contributed by atoms with Crippen LogP contribution in [0.25, 0.3) is 0 Å². The molecule has 18 heavy (non-hydrogen) atoms. The van der Waals surface area contributed by atoms with Crippen LogP contribution in [0, 0.1) is 13.8 Å². The Morgan fingerprint density at radius 1 is 1.33 bits per heavy atom. The number of nitrogens with two attached hydrogens (primary N) is 1. The zero-order valence-corrected chi connectivity index (χ0v) is 11.7. The van der Waals surface area contributed by atoms with E-state index in [0.717, 1.165) is 34.1 Å². The van der Waals surface area contributed by atoms with Gasteiger partial charge < -0.3 is 5.73 Å². The molecule has 4 heteroatoms. The average Bonchev–Trinajstić information content (AvgIpc) is 2.73. The van der Waals surface area contributed by atoms with E-state index in [9.17, 15) is 0 Å². The molecule has 96 valence electrons. The number of benzene rings is 1. The first kappa shape index (κ1) is 13.1. The van der Waals surface area contributed by atoms with Gasteiger partial charge in [-0.3, -0.25) is 4.68 Å². The lowest BCUT2D eigenvalue weighted by Gasteiger charge is -2.14. The van der Waals surface area contributed by atoms with Crippen LogP contribution in [0.2, 0.25) is 5.02 Å². The molecular formula is C14H18ClN3. The smallest absolute Gasteiger partial charge is 0.0723 e. The van der Waals surface area contributed by atoms with Gasteiger partial charge in [0.15, 0.2) is 0 Å². The molecule has 0 amide bonds. The van der Waals surface area contributed by atoms with Gasteiger partial charge in [-0.2, -0.15) is 5.10 Å². The summed E-state index contributed by atoms with van der Waals surface area (Å²) < 4.78 is 1.94. The van der Waals surface area contributed by atoms with Crippen molar-refractivity contribution in [1.82, 2.24) is 9.78 Å². The Bertz CT molecular complexity index is 560. The standard InChI is InChI=1S/C14H18ClN3/c1-4-18-13(7-10(3)17-18)14(16)11-6-5-9(2)12(15)8-11/h5-8,14H,4,16H2,1-3H3. The normalized spacial score (nSPS) is 12.7. The molecule has 0 aliphatic carbocycles. The lowest BCUT2D eigenvalue weighted by Crippen LogP contribution is -2.17. The van der Waals surface area contributed by atoms with Crippen LogP contribution in [0.4, 0.5) is 0 Å². The Labute approximate surface area is 113 Å². The molecule has 0 aliphatic rings. The largest absolute Gasteiger partial charge is 0.319 e. The van der Waals surface area contributed by atoms with Crippen molar-refractivity contribution in [2.45, 2.75) is 33.4 Å². The monoisotopic (exact) mass is 263 g/mol. The topological polar surface area (TPSA) is 43.8 Å². The highest BCUT2D eigenvalue weighted by atomic mass is 35.5. The molecule has 1 aromatic heterocycles. The van der Waals surface area contributed by atoms with Crippen LogP contribution in [0.1, 0.15) is 35.5 Å². The minimum absolute atomic E-state index is 0.191. The van der Waals surface area contributed by atoms with Gasteiger partial charge in [-0.15, -0.1) is 0 Å². The maximum atomic E-state index is 6.31. The summed E-state index contributed by atoms with van der Waals surface area (Å²) in [6.45, 7) is 6.84. The minimum Gasteiger partial charge on any atom is -0.319 e. The Hall–Kier alpha value is -1.32. The third kappa shape index (κ3) is 2.42. The van der Waals surface area contributed by atoms with Crippen molar-refractivity contribution in [3.63, 3.8) is 0 Å². The summed E-state index contributed by atoms with van der Waals surface area (Å²) in [4.78, 5) is 0. The van der Waals surface area contributed by atoms with E-state index in [1.54, 1.807) is 0 Å². The first-order chi connectivity index (χ1) is 8.52. The van der Waals surface area contributed by atoms with Gasteiger partial charge in [-0.25, -0.2) is 0 Å². The van der Waals surface area contributed by atoms with E-state index in [4.69, 9.17) is 17.3 Å². The molecule has 2 aromatic rings. The fraction of sp³-hybridized carbons (Fsp3) is 0.357. The van der Waals surface area contributed by atoms with E-state index < -0.39 is 0 Å². The molecule has 0 radical (unpaired) electrons. The summed E-state index contributed by atoms with van der Waals surface area (Å²) >= 11 is 6.15. The fourth-order valence-electron chi connectivity index (χ4n) is 2.04. The summed E-state index contributed by atoms with van der Waals surface area (Å²) in [5, 5.41) is 5.17. The third-order valence-electron chi connectivity index (χ3n) is 3.11. The molecule has 0 saturated carbocycles. The van der Waals surface area contributed by atoms with Gasteiger partial charge in [-0.1, -0.05) is 23.7 Å². The summed E-state index contributed by atoms with van der Waals surface area (Å²) in [5.74, 6) is 0. The maximum Gasteiger partial charge on any atom is 0.0723 e. The van der Waals surface area contributed by atoms with Gasteiger partial charge in [0.25, 0.3) is 0 Å². The molecule has 1 aromatic carbocycles. The van der Waals surface area contributed by atoms with E-state index in [2.05, 4.69) is 12.0 Å². The number of nitrogens with zero attached hydrogens (tertiary/aromatic N) is 2. The molecule has 0 fully saturated rings. The lowest BCUT2D eigenvalue weighted by molar-refractivity contribution is 0.597. The number of aromatic nitrogens is 2. The predicted octanol–water partition coefficient (Wildman–Crippen LogP) is 3.22. The molecule has 0 spiro atoms. The second kappa shape index (κ2) is 5.12. The van der Waals surface area contributed by atoms with Crippen LogP contribution >= 0.6 is 11.6 Å². The van der Waals surface area contributed by atoms with Gasteiger partial charge in [0.05, 0.1) is 17.4 Å². The van der Waals surface area contributed by atoms with Crippen LogP contribution in [0.5, 0.6) is 0 Å². The van der Waals surface area contributed by atoms with E-state index in [0.29, 0.717) is 0 Å².